The second-order valence-electron chi connectivity index (χ2n) is 6.34. The Morgan fingerprint density at radius 1 is 0.963 bits per heavy atom. The third-order valence-electron chi connectivity index (χ3n) is 4.29. The van der Waals surface area contributed by atoms with Crippen molar-refractivity contribution in [3.63, 3.8) is 0 Å². The van der Waals surface area contributed by atoms with E-state index in [0.717, 1.165) is 22.5 Å². The second-order valence-corrected chi connectivity index (χ2v) is 8.35. The van der Waals surface area contributed by atoms with E-state index < -0.39 is 9.84 Å². The Morgan fingerprint density at radius 2 is 1.67 bits per heavy atom. The molecule has 0 N–H and O–H groups in total. The largest absolute Gasteiger partial charge is 0.235 e. The molecule has 0 unspecified atom stereocenters. The highest BCUT2D eigenvalue weighted by atomic mass is 32.2. The molecule has 0 aliphatic carbocycles. The van der Waals surface area contributed by atoms with Crippen molar-refractivity contribution in [3.8, 4) is 11.3 Å². The molecule has 0 fully saturated rings. The maximum absolute atomic E-state index is 13.1. The van der Waals surface area contributed by atoms with Crippen molar-refractivity contribution in [1.82, 2.24) is 14.6 Å². The zero-order valence-electron chi connectivity index (χ0n) is 14.5. The number of hydrogen-bond donors (Lipinski definition) is 0. The summed E-state index contributed by atoms with van der Waals surface area (Å²) in [5.41, 5.74) is 4.07. The molecule has 0 saturated carbocycles. The lowest BCUT2D eigenvalue weighted by Gasteiger charge is -2.06. The van der Waals surface area contributed by atoms with Crippen LogP contribution in [0.1, 0.15) is 11.3 Å². The summed E-state index contributed by atoms with van der Waals surface area (Å²) in [6.07, 6.45) is 3.46. The lowest BCUT2D eigenvalue weighted by atomic mass is 10.1. The number of aromatic nitrogens is 3. The molecule has 4 rings (SSSR count). The van der Waals surface area contributed by atoms with Gasteiger partial charge in [0.25, 0.3) is 0 Å². The van der Waals surface area contributed by atoms with Crippen molar-refractivity contribution < 1.29 is 12.8 Å². The molecule has 7 heteroatoms. The van der Waals surface area contributed by atoms with Gasteiger partial charge >= 0.3 is 0 Å². The third-order valence-corrected chi connectivity index (χ3v) is 5.42. The van der Waals surface area contributed by atoms with Crippen LogP contribution in [-0.2, 0) is 16.3 Å². The predicted molar refractivity (Wildman–Crippen MR) is 101 cm³/mol. The highest BCUT2D eigenvalue weighted by molar-refractivity contribution is 7.90. The molecule has 0 atom stereocenters. The Bertz CT molecular complexity index is 1210. The molecule has 136 valence electrons. The zero-order valence-corrected chi connectivity index (χ0v) is 15.3. The van der Waals surface area contributed by atoms with Gasteiger partial charge in [-0.2, -0.15) is 5.10 Å². The summed E-state index contributed by atoms with van der Waals surface area (Å²) in [6, 6.07) is 16.7. The number of benzene rings is 2. The molecule has 0 bridgehead atoms. The van der Waals surface area contributed by atoms with E-state index in [1.165, 1.54) is 18.4 Å². The van der Waals surface area contributed by atoms with Crippen LogP contribution in [0.15, 0.2) is 71.8 Å². The van der Waals surface area contributed by atoms with Crippen molar-refractivity contribution in [2.24, 2.45) is 0 Å². The number of sulfone groups is 1. The lowest BCUT2D eigenvalue weighted by molar-refractivity contribution is 0.602. The van der Waals surface area contributed by atoms with Crippen molar-refractivity contribution in [2.75, 3.05) is 6.26 Å². The molecule has 0 saturated heterocycles. The number of imidazole rings is 1. The molecular weight excluding hydrogens is 365 g/mol. The van der Waals surface area contributed by atoms with E-state index in [2.05, 4.69) is 10.1 Å². The van der Waals surface area contributed by atoms with E-state index in [9.17, 15) is 12.8 Å². The van der Waals surface area contributed by atoms with Crippen molar-refractivity contribution in [1.29, 1.82) is 0 Å². The fraction of sp³-hybridized carbons (Fsp3) is 0.100. The molecule has 2 heterocycles. The summed E-state index contributed by atoms with van der Waals surface area (Å²) in [4.78, 5) is 4.63. The highest BCUT2D eigenvalue weighted by Gasteiger charge is 2.11. The molecule has 0 spiro atoms. The molecule has 0 radical (unpaired) electrons. The van der Waals surface area contributed by atoms with Crippen LogP contribution in [0.5, 0.6) is 0 Å². The van der Waals surface area contributed by atoms with Gasteiger partial charge in [0.2, 0.25) is 0 Å². The first-order valence-corrected chi connectivity index (χ1v) is 10.2. The number of halogens is 1. The SMILES string of the molecule is CS(=O)(=O)c1ccc(-c2cnc3ccc(Cc4ccc(F)cc4)nn23)cc1. The fourth-order valence-electron chi connectivity index (χ4n) is 2.89. The van der Waals surface area contributed by atoms with E-state index in [-0.39, 0.29) is 10.7 Å². The van der Waals surface area contributed by atoms with Crippen LogP contribution in [0, 0.1) is 5.82 Å². The average molecular weight is 381 g/mol. The quantitative estimate of drug-likeness (QED) is 0.542. The molecule has 0 aliphatic heterocycles. The summed E-state index contributed by atoms with van der Waals surface area (Å²) < 4.78 is 38.1. The molecule has 0 amide bonds. The first-order chi connectivity index (χ1) is 12.9. The van der Waals surface area contributed by atoms with E-state index in [1.807, 2.05) is 12.1 Å². The van der Waals surface area contributed by atoms with Gasteiger partial charge in [0.1, 0.15) is 5.82 Å². The summed E-state index contributed by atoms with van der Waals surface area (Å²) in [5, 5.41) is 4.64. The lowest BCUT2D eigenvalue weighted by Crippen LogP contribution is -2.01. The second kappa shape index (κ2) is 6.59. The van der Waals surface area contributed by atoms with Crippen LogP contribution in [0.25, 0.3) is 16.9 Å². The smallest absolute Gasteiger partial charge is 0.175 e. The van der Waals surface area contributed by atoms with Crippen molar-refractivity contribution in [3.05, 3.63) is 83.9 Å². The highest BCUT2D eigenvalue weighted by Crippen LogP contribution is 2.22. The molecule has 4 aromatic rings. The summed E-state index contributed by atoms with van der Waals surface area (Å²) >= 11 is 0. The van der Waals surface area contributed by atoms with Crippen LogP contribution in [-0.4, -0.2) is 29.3 Å². The minimum absolute atomic E-state index is 0.267. The zero-order chi connectivity index (χ0) is 19.0. The van der Waals surface area contributed by atoms with Gasteiger partial charge in [-0.25, -0.2) is 22.3 Å². The Labute approximate surface area is 156 Å². The van der Waals surface area contributed by atoms with Gasteiger partial charge in [-0.3, -0.25) is 0 Å². The number of fused-ring (bicyclic) bond motifs is 1. The number of rotatable bonds is 4. The Hall–Kier alpha value is -3.06. The van der Waals surface area contributed by atoms with Gasteiger partial charge < -0.3 is 0 Å². The van der Waals surface area contributed by atoms with Crippen LogP contribution in [0.2, 0.25) is 0 Å². The number of hydrogen-bond acceptors (Lipinski definition) is 4. The third kappa shape index (κ3) is 3.59. The topological polar surface area (TPSA) is 64.3 Å². The van der Waals surface area contributed by atoms with E-state index >= 15 is 0 Å². The van der Waals surface area contributed by atoms with Crippen LogP contribution in [0.3, 0.4) is 0 Å². The molecular formula is C20H16FN3O2S. The molecule has 0 aliphatic rings. The minimum atomic E-state index is -3.24. The van der Waals surface area contributed by atoms with Gasteiger partial charge in [0.15, 0.2) is 15.5 Å². The normalized spacial score (nSPS) is 11.8. The van der Waals surface area contributed by atoms with E-state index in [1.54, 1.807) is 47.1 Å². The first kappa shape index (κ1) is 17.4. The monoisotopic (exact) mass is 381 g/mol. The fourth-order valence-corrected chi connectivity index (χ4v) is 3.52. The van der Waals surface area contributed by atoms with E-state index in [4.69, 9.17) is 0 Å². The van der Waals surface area contributed by atoms with E-state index in [0.29, 0.717) is 12.1 Å². The first-order valence-electron chi connectivity index (χ1n) is 8.29. The predicted octanol–water partition coefficient (Wildman–Crippen LogP) is 3.53. The average Bonchev–Trinajstić information content (AvgIpc) is 3.06. The maximum Gasteiger partial charge on any atom is 0.175 e. The minimum Gasteiger partial charge on any atom is -0.235 e. The Balaban J connectivity index is 1.70. The van der Waals surface area contributed by atoms with Gasteiger partial charge in [-0.1, -0.05) is 24.3 Å². The standard InChI is InChI=1S/C20H16FN3O2S/c1-27(25,26)18-9-4-15(5-10-18)19-13-22-20-11-8-17(23-24(19)20)12-14-2-6-16(21)7-3-14/h2-11,13H,12H2,1H3. The van der Waals surface area contributed by atoms with Crippen LogP contribution < -0.4 is 0 Å². The van der Waals surface area contributed by atoms with Crippen molar-refractivity contribution in [2.45, 2.75) is 11.3 Å². The maximum atomic E-state index is 13.1. The summed E-state index contributed by atoms with van der Waals surface area (Å²) in [6.45, 7) is 0. The summed E-state index contributed by atoms with van der Waals surface area (Å²) in [7, 11) is -3.24. The molecule has 2 aromatic carbocycles. The Morgan fingerprint density at radius 3 is 2.33 bits per heavy atom. The van der Waals surface area contributed by atoms with Gasteiger partial charge in [-0.05, 0) is 42.0 Å². The van der Waals surface area contributed by atoms with Crippen molar-refractivity contribution >= 4 is 15.5 Å². The number of nitrogens with zero attached hydrogens (tertiary/aromatic N) is 3. The van der Waals surface area contributed by atoms with Crippen LogP contribution >= 0.6 is 0 Å². The van der Waals surface area contributed by atoms with Gasteiger partial charge in [-0.15, -0.1) is 0 Å². The van der Waals surface area contributed by atoms with Crippen LogP contribution in [0.4, 0.5) is 4.39 Å². The molecule has 2 aromatic heterocycles. The molecule has 5 nitrogen and oxygen atoms in total. The summed E-state index contributed by atoms with van der Waals surface area (Å²) in [5.74, 6) is -0.267. The Kier molecular flexibility index (Phi) is 4.24. The molecule has 27 heavy (non-hydrogen) atoms. The van der Waals surface area contributed by atoms with Gasteiger partial charge in [0, 0.05) is 18.2 Å². The van der Waals surface area contributed by atoms with Gasteiger partial charge in [0.05, 0.1) is 22.5 Å².